The maximum atomic E-state index is 4.63. The number of nitrogens with one attached hydrogen (secondary N) is 2. The lowest BCUT2D eigenvalue weighted by Crippen LogP contribution is -2.37. The number of aliphatic imine (C=N–C) groups is 1. The maximum absolute atomic E-state index is 4.63. The van der Waals surface area contributed by atoms with Gasteiger partial charge in [0.1, 0.15) is 9.35 Å². The van der Waals surface area contributed by atoms with Gasteiger partial charge in [-0.15, -0.1) is 46.7 Å². The van der Waals surface area contributed by atoms with Crippen molar-refractivity contribution in [3.63, 3.8) is 0 Å². The third kappa shape index (κ3) is 8.69. The summed E-state index contributed by atoms with van der Waals surface area (Å²) >= 11 is 5.19. The highest BCUT2D eigenvalue weighted by Crippen LogP contribution is 2.20. The molecule has 0 spiro atoms. The van der Waals surface area contributed by atoms with Crippen LogP contribution in [0.3, 0.4) is 0 Å². The van der Waals surface area contributed by atoms with Crippen molar-refractivity contribution in [2.75, 3.05) is 18.8 Å². The molecule has 0 aliphatic heterocycles. The molecule has 0 fully saturated rings. The van der Waals surface area contributed by atoms with Crippen LogP contribution in [0.4, 0.5) is 0 Å². The van der Waals surface area contributed by atoms with E-state index in [1.165, 1.54) is 0 Å². The summed E-state index contributed by atoms with van der Waals surface area (Å²) in [4.78, 5) is 13.5. The summed E-state index contributed by atoms with van der Waals surface area (Å²) in [6, 6.07) is 0. The number of hydrogen-bond acceptors (Lipinski definition) is 6. The Morgan fingerprint density at radius 2 is 2.16 bits per heavy atom. The fourth-order valence-corrected chi connectivity index (χ4v) is 4.40. The Morgan fingerprint density at radius 1 is 1.32 bits per heavy atom. The minimum absolute atomic E-state index is 0. The zero-order valence-corrected chi connectivity index (χ0v) is 19.6. The number of aromatic nitrogens is 2. The summed E-state index contributed by atoms with van der Waals surface area (Å²) < 4.78 is 1.14. The van der Waals surface area contributed by atoms with Gasteiger partial charge in [-0.1, -0.05) is 25.6 Å². The van der Waals surface area contributed by atoms with Gasteiger partial charge in [-0.05, 0) is 19.3 Å². The summed E-state index contributed by atoms with van der Waals surface area (Å²) in [6.07, 6.45) is 2.92. The van der Waals surface area contributed by atoms with Crippen molar-refractivity contribution in [2.24, 2.45) is 4.99 Å². The van der Waals surface area contributed by atoms with Crippen LogP contribution in [0, 0.1) is 0 Å². The van der Waals surface area contributed by atoms with Gasteiger partial charge >= 0.3 is 0 Å². The Hall–Kier alpha value is -0.390. The smallest absolute Gasteiger partial charge is 0.191 e. The number of hydrogen-bond donors (Lipinski definition) is 2. The number of thioether (sulfide) groups is 1. The third-order valence-corrected chi connectivity index (χ3v) is 6.03. The lowest BCUT2D eigenvalue weighted by atomic mass is 10.2. The molecule has 0 aliphatic carbocycles. The molecule has 9 heteroatoms. The van der Waals surface area contributed by atoms with E-state index in [2.05, 4.69) is 51.7 Å². The molecule has 0 saturated carbocycles. The Kier molecular flexibility index (Phi) is 11.7. The molecule has 0 atom stereocenters. The number of rotatable bonds is 9. The van der Waals surface area contributed by atoms with Crippen LogP contribution in [0.25, 0.3) is 0 Å². The molecular formula is C16H26IN5S3. The zero-order valence-electron chi connectivity index (χ0n) is 14.8. The number of nitrogens with zero attached hydrogens (tertiary/aromatic N) is 3. The average Bonchev–Trinajstić information content (AvgIpc) is 3.23. The first-order valence-corrected chi connectivity index (χ1v) is 10.9. The first-order chi connectivity index (χ1) is 11.7. The first-order valence-electron chi connectivity index (χ1n) is 8.17. The summed E-state index contributed by atoms with van der Waals surface area (Å²) in [6.45, 7) is 8.79. The highest BCUT2D eigenvalue weighted by molar-refractivity contribution is 14.0. The molecular weight excluding hydrogens is 485 g/mol. The molecule has 2 aromatic rings. The van der Waals surface area contributed by atoms with Crippen molar-refractivity contribution in [3.8, 4) is 0 Å². The lowest BCUT2D eigenvalue weighted by Gasteiger charge is -2.10. The summed E-state index contributed by atoms with van der Waals surface area (Å²) in [7, 11) is 0. The molecule has 2 heterocycles. The molecule has 2 rings (SSSR count). The van der Waals surface area contributed by atoms with Crippen LogP contribution in [0.2, 0.25) is 0 Å². The molecule has 25 heavy (non-hydrogen) atoms. The van der Waals surface area contributed by atoms with E-state index in [4.69, 9.17) is 0 Å². The fourth-order valence-electron chi connectivity index (χ4n) is 1.87. The van der Waals surface area contributed by atoms with Gasteiger partial charge in [0.25, 0.3) is 0 Å². The van der Waals surface area contributed by atoms with Crippen molar-refractivity contribution in [3.05, 3.63) is 27.7 Å². The van der Waals surface area contributed by atoms with Crippen molar-refractivity contribution in [1.82, 2.24) is 20.6 Å². The molecule has 0 radical (unpaired) electrons. The molecule has 140 valence electrons. The van der Waals surface area contributed by atoms with E-state index in [0.29, 0.717) is 12.5 Å². The lowest BCUT2D eigenvalue weighted by molar-refractivity contribution is 0.785. The second-order valence-electron chi connectivity index (χ2n) is 5.44. The summed E-state index contributed by atoms with van der Waals surface area (Å²) in [5.74, 6) is 2.39. The van der Waals surface area contributed by atoms with Crippen LogP contribution < -0.4 is 10.6 Å². The van der Waals surface area contributed by atoms with Crippen LogP contribution in [0.1, 0.15) is 43.8 Å². The summed E-state index contributed by atoms with van der Waals surface area (Å²) in [5, 5.41) is 11.9. The Bertz CT molecular complexity index is 613. The minimum Gasteiger partial charge on any atom is -0.357 e. The topological polar surface area (TPSA) is 62.2 Å². The molecule has 0 unspecified atom stereocenters. The van der Waals surface area contributed by atoms with Crippen LogP contribution in [0.5, 0.6) is 0 Å². The van der Waals surface area contributed by atoms with E-state index in [1.807, 2.05) is 11.6 Å². The Labute approximate surface area is 179 Å². The van der Waals surface area contributed by atoms with Crippen LogP contribution in [0.15, 0.2) is 26.3 Å². The molecule has 0 saturated heterocycles. The normalized spacial score (nSPS) is 11.4. The predicted octanol–water partition coefficient (Wildman–Crippen LogP) is 4.58. The molecule has 0 amide bonds. The fraction of sp³-hybridized carbons (Fsp3) is 0.562. The number of guanidine groups is 1. The van der Waals surface area contributed by atoms with E-state index in [9.17, 15) is 0 Å². The first kappa shape index (κ1) is 22.7. The van der Waals surface area contributed by atoms with Crippen molar-refractivity contribution in [2.45, 2.75) is 44.0 Å². The van der Waals surface area contributed by atoms with Gasteiger partial charge in [-0.25, -0.2) is 15.0 Å². The molecule has 0 aromatic carbocycles. The van der Waals surface area contributed by atoms with Crippen LogP contribution >= 0.6 is 58.4 Å². The van der Waals surface area contributed by atoms with E-state index in [-0.39, 0.29) is 24.0 Å². The van der Waals surface area contributed by atoms with E-state index < -0.39 is 0 Å². The van der Waals surface area contributed by atoms with Gasteiger partial charge < -0.3 is 10.6 Å². The third-order valence-electron chi connectivity index (χ3n) is 3.13. The van der Waals surface area contributed by atoms with E-state index in [0.717, 1.165) is 46.3 Å². The second kappa shape index (κ2) is 12.9. The van der Waals surface area contributed by atoms with Gasteiger partial charge in [0.05, 0.1) is 12.2 Å². The van der Waals surface area contributed by atoms with Gasteiger partial charge in [0.15, 0.2) is 5.96 Å². The van der Waals surface area contributed by atoms with E-state index in [1.54, 1.807) is 34.4 Å². The van der Waals surface area contributed by atoms with Gasteiger partial charge in [-0.2, -0.15) is 0 Å². The predicted molar refractivity (Wildman–Crippen MR) is 122 cm³/mol. The second-order valence-corrected chi connectivity index (χ2v) is 8.62. The minimum atomic E-state index is 0. The SMILES string of the molecule is CCNC(=NCc1nc(C(C)C)cs1)NCCCSc1nccs1.I. The van der Waals surface area contributed by atoms with Crippen molar-refractivity contribution >= 4 is 64.4 Å². The standard InChI is InChI=1S/C16H25N5S3.HI/c1-4-17-15(18-6-5-8-22-16-19-7-9-23-16)20-10-14-21-13(11-24-14)12(2)3;/h7,9,11-12H,4-6,8,10H2,1-3H3,(H2,17,18,20);1H. The zero-order chi connectivity index (χ0) is 17.2. The highest BCUT2D eigenvalue weighted by atomic mass is 127. The van der Waals surface area contributed by atoms with Gasteiger partial charge in [0, 0.05) is 35.8 Å². The van der Waals surface area contributed by atoms with Crippen LogP contribution in [-0.4, -0.2) is 34.8 Å². The quantitative estimate of drug-likeness (QED) is 0.170. The van der Waals surface area contributed by atoms with Crippen molar-refractivity contribution < 1.29 is 0 Å². The number of halogens is 1. The van der Waals surface area contributed by atoms with E-state index >= 15 is 0 Å². The monoisotopic (exact) mass is 511 g/mol. The van der Waals surface area contributed by atoms with Gasteiger partial charge in [0.2, 0.25) is 0 Å². The largest absolute Gasteiger partial charge is 0.357 e. The highest BCUT2D eigenvalue weighted by Gasteiger charge is 2.05. The average molecular weight is 512 g/mol. The Morgan fingerprint density at radius 3 is 2.80 bits per heavy atom. The van der Waals surface area contributed by atoms with Crippen molar-refractivity contribution in [1.29, 1.82) is 0 Å². The molecule has 2 aromatic heterocycles. The number of thiazole rings is 2. The summed E-state index contributed by atoms with van der Waals surface area (Å²) in [5.41, 5.74) is 1.15. The molecule has 0 bridgehead atoms. The maximum Gasteiger partial charge on any atom is 0.191 e. The van der Waals surface area contributed by atoms with Crippen LogP contribution in [-0.2, 0) is 6.54 Å². The molecule has 0 aliphatic rings. The van der Waals surface area contributed by atoms with Gasteiger partial charge in [-0.3, -0.25) is 0 Å². The Balaban J connectivity index is 0.00000312. The molecule has 5 nitrogen and oxygen atoms in total. The molecule has 2 N–H and O–H groups in total.